The molecular formula is C11H17N3O2. The molecule has 0 amide bonds. The van der Waals surface area contributed by atoms with Gasteiger partial charge in [-0.15, -0.1) is 0 Å². The molecule has 88 valence electrons. The third-order valence-electron chi connectivity index (χ3n) is 2.14. The van der Waals surface area contributed by atoms with E-state index in [4.69, 9.17) is 5.73 Å². The van der Waals surface area contributed by atoms with Crippen LogP contribution in [0.2, 0.25) is 0 Å². The number of nitro groups is 1. The van der Waals surface area contributed by atoms with Gasteiger partial charge in [-0.1, -0.05) is 0 Å². The molecule has 5 heteroatoms. The largest absolute Gasteiger partial charge is 0.383 e. The molecule has 0 aliphatic heterocycles. The summed E-state index contributed by atoms with van der Waals surface area (Å²) in [6.45, 7) is 6.16. The molecule has 0 aliphatic carbocycles. The van der Waals surface area contributed by atoms with E-state index in [0.29, 0.717) is 12.1 Å². The number of benzene rings is 1. The molecule has 5 nitrogen and oxygen atoms in total. The summed E-state index contributed by atoms with van der Waals surface area (Å²) in [5.41, 5.74) is 7.15. The number of nitrogens with two attached hydrogens (primary N) is 1. The van der Waals surface area contributed by atoms with Gasteiger partial charge in [-0.25, -0.2) is 0 Å². The number of hydrogen-bond donors (Lipinski definition) is 2. The molecule has 0 bridgehead atoms. The minimum Gasteiger partial charge on any atom is -0.383 e. The van der Waals surface area contributed by atoms with Gasteiger partial charge >= 0.3 is 0 Å². The van der Waals surface area contributed by atoms with E-state index < -0.39 is 0 Å². The highest BCUT2D eigenvalue weighted by molar-refractivity contribution is 5.53. The molecule has 0 aliphatic rings. The molecule has 0 radical (unpaired) electrons. The molecule has 0 aromatic heterocycles. The minimum atomic E-state index is -0.383. The van der Waals surface area contributed by atoms with Gasteiger partial charge in [0.05, 0.1) is 4.92 Å². The first-order valence-corrected chi connectivity index (χ1v) is 5.07. The van der Waals surface area contributed by atoms with Crippen LogP contribution in [0, 0.1) is 17.0 Å². The van der Waals surface area contributed by atoms with Crippen LogP contribution in [0.3, 0.4) is 0 Å². The molecule has 1 rings (SSSR count). The number of aryl methyl sites for hydroxylation is 1. The van der Waals surface area contributed by atoms with Gasteiger partial charge in [-0.05, 0) is 32.9 Å². The average molecular weight is 223 g/mol. The van der Waals surface area contributed by atoms with Crippen LogP contribution < -0.4 is 11.1 Å². The lowest BCUT2D eigenvalue weighted by Gasteiger charge is -2.19. The number of hydrogen-bond acceptors (Lipinski definition) is 4. The summed E-state index contributed by atoms with van der Waals surface area (Å²) in [7, 11) is 0. The van der Waals surface area contributed by atoms with Crippen molar-refractivity contribution >= 4 is 11.4 Å². The number of rotatable bonds is 4. The van der Waals surface area contributed by atoms with Crippen molar-refractivity contribution in [3.8, 4) is 0 Å². The highest BCUT2D eigenvalue weighted by Crippen LogP contribution is 2.21. The quantitative estimate of drug-likeness (QED) is 0.604. The fourth-order valence-corrected chi connectivity index (χ4v) is 1.30. The number of nitrogens with one attached hydrogen (secondary N) is 1. The van der Waals surface area contributed by atoms with Crippen LogP contribution in [-0.4, -0.2) is 17.0 Å². The van der Waals surface area contributed by atoms with Gasteiger partial charge in [0.15, 0.2) is 0 Å². The van der Waals surface area contributed by atoms with E-state index in [9.17, 15) is 10.1 Å². The zero-order valence-corrected chi connectivity index (χ0v) is 9.78. The summed E-state index contributed by atoms with van der Waals surface area (Å²) in [6.07, 6.45) is 0. The van der Waals surface area contributed by atoms with Gasteiger partial charge < -0.3 is 11.1 Å². The van der Waals surface area contributed by atoms with Gasteiger partial charge in [0.1, 0.15) is 0 Å². The molecule has 0 fully saturated rings. The highest BCUT2D eigenvalue weighted by atomic mass is 16.6. The van der Waals surface area contributed by atoms with Crippen molar-refractivity contribution < 1.29 is 4.92 Å². The standard InChI is InChI=1S/C11H17N3O2/c1-8-6-9(13-7-11(2,3)12)4-5-10(8)14(15)16/h4-6,13H,7,12H2,1-3H3. The van der Waals surface area contributed by atoms with Crippen LogP contribution in [0.25, 0.3) is 0 Å². The Labute approximate surface area is 94.8 Å². The second-order valence-corrected chi connectivity index (χ2v) is 4.60. The summed E-state index contributed by atoms with van der Waals surface area (Å²) in [6, 6.07) is 4.95. The van der Waals surface area contributed by atoms with Crippen molar-refractivity contribution in [1.29, 1.82) is 0 Å². The molecule has 0 spiro atoms. The molecule has 16 heavy (non-hydrogen) atoms. The van der Waals surface area contributed by atoms with E-state index in [1.54, 1.807) is 19.1 Å². The lowest BCUT2D eigenvalue weighted by atomic mass is 10.1. The van der Waals surface area contributed by atoms with Crippen LogP contribution in [0.5, 0.6) is 0 Å². The Morgan fingerprint density at radius 2 is 2.12 bits per heavy atom. The molecule has 0 unspecified atom stereocenters. The van der Waals surface area contributed by atoms with Gasteiger partial charge in [-0.3, -0.25) is 10.1 Å². The minimum absolute atomic E-state index is 0.137. The first kappa shape index (κ1) is 12.4. The van der Waals surface area contributed by atoms with E-state index in [1.807, 2.05) is 13.8 Å². The summed E-state index contributed by atoms with van der Waals surface area (Å²) >= 11 is 0. The Morgan fingerprint density at radius 1 is 1.50 bits per heavy atom. The Bertz CT molecular complexity index is 397. The maximum Gasteiger partial charge on any atom is 0.272 e. The Kier molecular flexibility index (Phi) is 3.49. The Morgan fingerprint density at radius 3 is 2.56 bits per heavy atom. The van der Waals surface area contributed by atoms with Crippen LogP contribution in [-0.2, 0) is 0 Å². The van der Waals surface area contributed by atoms with E-state index in [2.05, 4.69) is 5.32 Å². The second kappa shape index (κ2) is 4.49. The average Bonchev–Trinajstić information content (AvgIpc) is 2.13. The third-order valence-corrected chi connectivity index (χ3v) is 2.14. The maximum absolute atomic E-state index is 10.6. The summed E-state index contributed by atoms with van der Waals surface area (Å²) < 4.78 is 0. The molecule has 0 heterocycles. The predicted octanol–water partition coefficient (Wildman–Crippen LogP) is 2.05. The molecular weight excluding hydrogens is 206 g/mol. The molecule has 1 aromatic rings. The van der Waals surface area contributed by atoms with Crippen LogP contribution in [0.4, 0.5) is 11.4 Å². The van der Waals surface area contributed by atoms with E-state index in [1.165, 1.54) is 6.07 Å². The van der Waals surface area contributed by atoms with Crippen molar-refractivity contribution in [3.05, 3.63) is 33.9 Å². The first-order valence-electron chi connectivity index (χ1n) is 5.07. The molecule has 0 saturated heterocycles. The lowest BCUT2D eigenvalue weighted by molar-refractivity contribution is -0.385. The Balaban J connectivity index is 2.78. The number of anilines is 1. The zero-order chi connectivity index (χ0) is 12.3. The fraction of sp³-hybridized carbons (Fsp3) is 0.455. The summed E-state index contributed by atoms with van der Waals surface area (Å²) in [5.74, 6) is 0. The van der Waals surface area contributed by atoms with Crippen molar-refractivity contribution in [1.82, 2.24) is 0 Å². The zero-order valence-electron chi connectivity index (χ0n) is 9.78. The second-order valence-electron chi connectivity index (χ2n) is 4.60. The van der Waals surface area contributed by atoms with Crippen LogP contribution in [0.15, 0.2) is 18.2 Å². The smallest absolute Gasteiger partial charge is 0.272 e. The van der Waals surface area contributed by atoms with Crippen LogP contribution >= 0.6 is 0 Å². The summed E-state index contributed by atoms with van der Waals surface area (Å²) in [5, 5.41) is 13.8. The van der Waals surface area contributed by atoms with Crippen molar-refractivity contribution in [2.75, 3.05) is 11.9 Å². The lowest BCUT2D eigenvalue weighted by Crippen LogP contribution is -2.39. The van der Waals surface area contributed by atoms with Gasteiger partial charge in [0.2, 0.25) is 0 Å². The monoisotopic (exact) mass is 223 g/mol. The van der Waals surface area contributed by atoms with Crippen LogP contribution in [0.1, 0.15) is 19.4 Å². The van der Waals surface area contributed by atoms with E-state index in [-0.39, 0.29) is 16.1 Å². The fourth-order valence-electron chi connectivity index (χ4n) is 1.30. The van der Waals surface area contributed by atoms with E-state index >= 15 is 0 Å². The van der Waals surface area contributed by atoms with Gasteiger partial charge in [0, 0.05) is 29.4 Å². The van der Waals surface area contributed by atoms with Gasteiger partial charge in [-0.2, -0.15) is 0 Å². The van der Waals surface area contributed by atoms with E-state index in [0.717, 1.165) is 5.69 Å². The highest BCUT2D eigenvalue weighted by Gasteiger charge is 2.12. The van der Waals surface area contributed by atoms with Crippen molar-refractivity contribution in [3.63, 3.8) is 0 Å². The van der Waals surface area contributed by atoms with Gasteiger partial charge in [0.25, 0.3) is 5.69 Å². The molecule has 1 aromatic carbocycles. The summed E-state index contributed by atoms with van der Waals surface area (Å²) in [4.78, 5) is 10.2. The Hall–Kier alpha value is -1.62. The number of nitro benzene ring substituents is 1. The van der Waals surface area contributed by atoms with Crippen molar-refractivity contribution in [2.45, 2.75) is 26.3 Å². The maximum atomic E-state index is 10.6. The predicted molar refractivity (Wildman–Crippen MR) is 64.6 cm³/mol. The SMILES string of the molecule is Cc1cc(NCC(C)(C)N)ccc1[N+](=O)[O-]. The molecule has 0 atom stereocenters. The molecule has 0 saturated carbocycles. The van der Waals surface area contributed by atoms with Crippen molar-refractivity contribution in [2.24, 2.45) is 5.73 Å². The number of nitrogens with zero attached hydrogens (tertiary/aromatic N) is 1. The first-order chi connectivity index (χ1) is 7.29. The third kappa shape index (κ3) is 3.51. The molecule has 3 N–H and O–H groups in total. The normalized spacial score (nSPS) is 11.2. The topological polar surface area (TPSA) is 81.2 Å².